The quantitative estimate of drug-likeness (QED) is 0.739. The highest BCUT2D eigenvalue weighted by molar-refractivity contribution is 5.83. The zero-order valence-corrected chi connectivity index (χ0v) is 9.48. The molecule has 2 amide bonds. The van der Waals surface area contributed by atoms with Crippen LogP contribution in [0.1, 0.15) is 32.6 Å². The van der Waals surface area contributed by atoms with E-state index in [1.807, 2.05) is 0 Å². The minimum Gasteiger partial charge on any atom is -0.480 e. The number of hydrogen-bond donors (Lipinski definition) is 2. The fourth-order valence-electron chi connectivity index (χ4n) is 2.54. The molecule has 5 nitrogen and oxygen atoms in total. The molecule has 1 unspecified atom stereocenters. The molecule has 0 aromatic rings. The normalized spacial score (nSPS) is 33.3. The maximum Gasteiger partial charge on any atom is 0.326 e. The van der Waals surface area contributed by atoms with E-state index in [0.717, 1.165) is 19.3 Å². The lowest BCUT2D eigenvalue weighted by atomic mass is 9.82. The molecule has 5 heteroatoms. The van der Waals surface area contributed by atoms with Crippen LogP contribution in [0.3, 0.4) is 0 Å². The second kappa shape index (κ2) is 4.31. The van der Waals surface area contributed by atoms with Crippen molar-refractivity contribution in [1.29, 1.82) is 0 Å². The van der Waals surface area contributed by atoms with Crippen molar-refractivity contribution in [2.24, 2.45) is 5.92 Å². The molecule has 1 saturated heterocycles. The Bertz CT molecular complexity index is 300. The van der Waals surface area contributed by atoms with Crippen LogP contribution in [-0.4, -0.2) is 40.6 Å². The topological polar surface area (TPSA) is 69.6 Å². The monoisotopic (exact) mass is 226 g/mol. The molecule has 1 atom stereocenters. The maximum atomic E-state index is 11.8. The Balaban J connectivity index is 1.86. The predicted molar refractivity (Wildman–Crippen MR) is 58.1 cm³/mol. The van der Waals surface area contributed by atoms with Crippen LogP contribution in [0, 0.1) is 5.92 Å². The lowest BCUT2D eigenvalue weighted by Crippen LogP contribution is -2.52. The summed E-state index contributed by atoms with van der Waals surface area (Å²) in [7, 11) is 0. The van der Waals surface area contributed by atoms with Gasteiger partial charge < -0.3 is 15.3 Å². The van der Waals surface area contributed by atoms with Crippen molar-refractivity contribution in [3.05, 3.63) is 0 Å². The fraction of sp³-hybridized carbons (Fsp3) is 0.818. The average Bonchev–Trinajstić information content (AvgIpc) is 2.63. The summed E-state index contributed by atoms with van der Waals surface area (Å²) in [5.74, 6) is -0.214. The van der Waals surface area contributed by atoms with Gasteiger partial charge in [-0.3, -0.25) is 0 Å². The molecule has 2 N–H and O–H groups in total. The van der Waals surface area contributed by atoms with Gasteiger partial charge in [0.2, 0.25) is 0 Å². The van der Waals surface area contributed by atoms with E-state index in [-0.39, 0.29) is 12.1 Å². The number of carbonyl (C=O) groups excluding carboxylic acids is 1. The van der Waals surface area contributed by atoms with E-state index in [1.54, 1.807) is 0 Å². The maximum absolute atomic E-state index is 11.8. The number of nitrogens with zero attached hydrogens (tertiary/aromatic N) is 1. The molecule has 1 heterocycles. The van der Waals surface area contributed by atoms with E-state index >= 15 is 0 Å². The molecule has 0 radical (unpaired) electrons. The summed E-state index contributed by atoms with van der Waals surface area (Å²) in [6.07, 6.45) is 3.38. The molecule has 16 heavy (non-hydrogen) atoms. The van der Waals surface area contributed by atoms with Crippen molar-refractivity contribution in [3.8, 4) is 0 Å². The number of urea groups is 1. The van der Waals surface area contributed by atoms with Gasteiger partial charge in [0.1, 0.15) is 6.04 Å². The van der Waals surface area contributed by atoms with Gasteiger partial charge in [-0.1, -0.05) is 6.92 Å². The largest absolute Gasteiger partial charge is 0.480 e. The first kappa shape index (κ1) is 11.2. The number of amides is 2. The SMILES string of the molecule is CC1CC(NC(=O)N2CCCC2C(=O)O)C1. The summed E-state index contributed by atoms with van der Waals surface area (Å²) < 4.78 is 0. The summed E-state index contributed by atoms with van der Waals surface area (Å²) in [5.41, 5.74) is 0. The van der Waals surface area contributed by atoms with Crippen molar-refractivity contribution >= 4 is 12.0 Å². The third-order valence-corrected chi connectivity index (χ3v) is 3.50. The number of aliphatic carboxylic acids is 1. The molecule has 2 fully saturated rings. The second-order valence-corrected chi connectivity index (χ2v) is 4.91. The van der Waals surface area contributed by atoms with Gasteiger partial charge in [-0.2, -0.15) is 0 Å². The highest BCUT2D eigenvalue weighted by Gasteiger charge is 2.36. The molecular formula is C11H18N2O3. The minimum absolute atomic E-state index is 0.207. The Kier molecular flexibility index (Phi) is 3.03. The Morgan fingerprint density at radius 1 is 1.38 bits per heavy atom. The van der Waals surface area contributed by atoms with Crippen LogP contribution in [0.25, 0.3) is 0 Å². The Morgan fingerprint density at radius 2 is 2.06 bits per heavy atom. The van der Waals surface area contributed by atoms with Crippen LogP contribution in [0.2, 0.25) is 0 Å². The van der Waals surface area contributed by atoms with Gasteiger partial charge in [0, 0.05) is 12.6 Å². The lowest BCUT2D eigenvalue weighted by molar-refractivity contribution is -0.141. The molecule has 0 spiro atoms. The van der Waals surface area contributed by atoms with Crippen molar-refractivity contribution in [2.45, 2.75) is 44.7 Å². The fourth-order valence-corrected chi connectivity index (χ4v) is 2.54. The summed E-state index contributed by atoms with van der Waals surface area (Å²) >= 11 is 0. The van der Waals surface area contributed by atoms with Gasteiger partial charge >= 0.3 is 12.0 Å². The van der Waals surface area contributed by atoms with Gasteiger partial charge in [0.25, 0.3) is 0 Å². The number of hydrogen-bond acceptors (Lipinski definition) is 2. The van der Waals surface area contributed by atoms with Gasteiger partial charge in [-0.05, 0) is 31.6 Å². The number of likely N-dealkylation sites (tertiary alicyclic amines) is 1. The van der Waals surface area contributed by atoms with Crippen LogP contribution in [0.5, 0.6) is 0 Å². The molecular weight excluding hydrogens is 208 g/mol. The number of carbonyl (C=O) groups is 2. The molecule has 1 saturated carbocycles. The van der Waals surface area contributed by atoms with Crippen LogP contribution < -0.4 is 5.32 Å². The molecule has 2 rings (SSSR count). The van der Waals surface area contributed by atoms with Crippen molar-refractivity contribution < 1.29 is 14.7 Å². The van der Waals surface area contributed by atoms with Crippen molar-refractivity contribution in [3.63, 3.8) is 0 Å². The van der Waals surface area contributed by atoms with E-state index in [9.17, 15) is 9.59 Å². The molecule has 0 aromatic heterocycles. The Labute approximate surface area is 94.8 Å². The van der Waals surface area contributed by atoms with Gasteiger partial charge in [0.15, 0.2) is 0 Å². The first-order valence-electron chi connectivity index (χ1n) is 5.88. The zero-order valence-electron chi connectivity index (χ0n) is 9.48. The van der Waals surface area contributed by atoms with E-state index in [2.05, 4.69) is 12.2 Å². The molecule has 2 aliphatic rings. The average molecular weight is 226 g/mol. The van der Waals surface area contributed by atoms with Crippen LogP contribution in [0.4, 0.5) is 4.79 Å². The van der Waals surface area contributed by atoms with E-state index in [0.29, 0.717) is 18.9 Å². The van der Waals surface area contributed by atoms with Gasteiger partial charge in [0.05, 0.1) is 0 Å². The van der Waals surface area contributed by atoms with E-state index < -0.39 is 12.0 Å². The third-order valence-electron chi connectivity index (χ3n) is 3.50. The van der Waals surface area contributed by atoms with E-state index in [1.165, 1.54) is 4.90 Å². The van der Waals surface area contributed by atoms with Crippen LogP contribution in [-0.2, 0) is 4.79 Å². The predicted octanol–water partition coefficient (Wildman–Crippen LogP) is 1.04. The number of carboxylic acids is 1. The van der Waals surface area contributed by atoms with Gasteiger partial charge in [-0.15, -0.1) is 0 Å². The standard InChI is InChI=1S/C11H18N2O3/c1-7-5-8(6-7)12-11(16)13-4-2-3-9(13)10(14)15/h7-9H,2-6H2,1H3,(H,12,16)(H,14,15). The van der Waals surface area contributed by atoms with E-state index in [4.69, 9.17) is 5.11 Å². The molecule has 0 aromatic carbocycles. The summed E-state index contributed by atoms with van der Waals surface area (Å²) in [5, 5.41) is 11.9. The first-order valence-corrected chi connectivity index (χ1v) is 5.88. The summed E-state index contributed by atoms with van der Waals surface area (Å²) in [6.45, 7) is 2.71. The van der Waals surface area contributed by atoms with Crippen molar-refractivity contribution in [2.75, 3.05) is 6.54 Å². The van der Waals surface area contributed by atoms with Crippen LogP contribution in [0.15, 0.2) is 0 Å². The molecule has 0 bridgehead atoms. The molecule has 1 aliphatic carbocycles. The third kappa shape index (κ3) is 2.13. The number of nitrogens with one attached hydrogen (secondary N) is 1. The van der Waals surface area contributed by atoms with Crippen molar-refractivity contribution in [1.82, 2.24) is 10.2 Å². The number of carboxylic acid groups (broad SMARTS) is 1. The smallest absolute Gasteiger partial charge is 0.326 e. The Morgan fingerprint density at radius 3 is 2.62 bits per heavy atom. The zero-order chi connectivity index (χ0) is 11.7. The minimum atomic E-state index is -0.894. The lowest BCUT2D eigenvalue weighted by Gasteiger charge is -2.35. The van der Waals surface area contributed by atoms with Crippen LogP contribution >= 0.6 is 0 Å². The first-order chi connectivity index (χ1) is 7.58. The molecule has 1 aliphatic heterocycles. The Hall–Kier alpha value is -1.26. The summed E-state index contributed by atoms with van der Waals surface area (Å²) in [6, 6.07) is -0.586. The highest BCUT2D eigenvalue weighted by Crippen LogP contribution is 2.27. The summed E-state index contributed by atoms with van der Waals surface area (Å²) in [4.78, 5) is 24.2. The highest BCUT2D eigenvalue weighted by atomic mass is 16.4. The second-order valence-electron chi connectivity index (χ2n) is 4.91. The number of rotatable bonds is 2. The molecule has 90 valence electrons. The van der Waals surface area contributed by atoms with Gasteiger partial charge in [-0.25, -0.2) is 9.59 Å².